The first-order valence-corrected chi connectivity index (χ1v) is 4.88. The highest BCUT2D eigenvalue weighted by atomic mass is 15.2. The Morgan fingerprint density at radius 2 is 1.85 bits per heavy atom. The molecule has 2 bridgehead atoms. The molecule has 13 heavy (non-hydrogen) atoms. The van der Waals surface area contributed by atoms with Crippen molar-refractivity contribution in [3.8, 4) is 0 Å². The molecule has 0 spiro atoms. The maximum Gasteiger partial charge on any atom is 0.0798 e. The van der Waals surface area contributed by atoms with Crippen molar-refractivity contribution in [1.29, 1.82) is 0 Å². The molecule has 1 aromatic carbocycles. The van der Waals surface area contributed by atoms with E-state index in [1.165, 1.54) is 18.4 Å². The Kier molecular flexibility index (Phi) is 1.48. The first kappa shape index (κ1) is 7.25. The number of azo groups is 1. The lowest BCUT2D eigenvalue weighted by Crippen LogP contribution is -2.09. The van der Waals surface area contributed by atoms with Gasteiger partial charge in [0, 0.05) is 5.92 Å². The third kappa shape index (κ3) is 1.09. The molecule has 1 heterocycles. The quantitative estimate of drug-likeness (QED) is 0.622. The highest BCUT2D eigenvalue weighted by Gasteiger charge is 2.39. The van der Waals surface area contributed by atoms with Crippen LogP contribution in [0.15, 0.2) is 40.6 Å². The maximum absolute atomic E-state index is 4.29. The van der Waals surface area contributed by atoms with E-state index in [0.29, 0.717) is 18.0 Å². The number of rotatable bonds is 1. The molecule has 1 fully saturated rings. The number of hydrogen-bond acceptors (Lipinski definition) is 2. The van der Waals surface area contributed by atoms with Crippen molar-refractivity contribution in [3.63, 3.8) is 0 Å². The molecule has 3 atom stereocenters. The third-order valence-corrected chi connectivity index (χ3v) is 3.11. The second-order valence-electron chi connectivity index (χ2n) is 3.94. The summed E-state index contributed by atoms with van der Waals surface area (Å²) in [5.74, 6) is 0.642. The van der Waals surface area contributed by atoms with Gasteiger partial charge in [-0.3, -0.25) is 0 Å². The Morgan fingerprint density at radius 1 is 1.00 bits per heavy atom. The third-order valence-electron chi connectivity index (χ3n) is 3.11. The molecule has 2 nitrogen and oxygen atoms in total. The number of benzene rings is 1. The second kappa shape index (κ2) is 2.66. The van der Waals surface area contributed by atoms with Crippen molar-refractivity contribution in [2.45, 2.75) is 30.8 Å². The van der Waals surface area contributed by atoms with E-state index >= 15 is 0 Å². The van der Waals surface area contributed by atoms with E-state index in [-0.39, 0.29) is 0 Å². The number of hydrogen-bond donors (Lipinski definition) is 0. The van der Waals surface area contributed by atoms with Crippen molar-refractivity contribution in [3.05, 3.63) is 35.9 Å². The highest BCUT2D eigenvalue weighted by Crippen LogP contribution is 2.42. The lowest BCUT2D eigenvalue weighted by molar-refractivity contribution is 0.558. The SMILES string of the molecule is c1ccc(C2C[C@H]3C[C@@H]2N=N3)cc1. The van der Waals surface area contributed by atoms with Gasteiger partial charge in [0.2, 0.25) is 0 Å². The van der Waals surface area contributed by atoms with E-state index in [1.807, 2.05) is 0 Å². The first-order chi connectivity index (χ1) is 6.43. The minimum atomic E-state index is 0.479. The fourth-order valence-electron chi connectivity index (χ4n) is 2.45. The zero-order valence-corrected chi connectivity index (χ0v) is 7.43. The van der Waals surface area contributed by atoms with Crippen LogP contribution in [0.1, 0.15) is 24.3 Å². The maximum atomic E-state index is 4.29. The van der Waals surface area contributed by atoms with Crippen molar-refractivity contribution < 1.29 is 0 Å². The van der Waals surface area contributed by atoms with Gasteiger partial charge < -0.3 is 0 Å². The van der Waals surface area contributed by atoms with Crippen LogP contribution >= 0.6 is 0 Å². The van der Waals surface area contributed by atoms with E-state index in [1.54, 1.807) is 0 Å². The summed E-state index contributed by atoms with van der Waals surface area (Å²) in [6.45, 7) is 0. The van der Waals surface area contributed by atoms with Crippen LogP contribution in [0.5, 0.6) is 0 Å². The Morgan fingerprint density at radius 3 is 2.46 bits per heavy atom. The highest BCUT2D eigenvalue weighted by molar-refractivity contribution is 5.24. The molecule has 0 radical (unpaired) electrons. The fourth-order valence-corrected chi connectivity index (χ4v) is 2.45. The summed E-state index contributed by atoms with van der Waals surface area (Å²) in [6.07, 6.45) is 2.39. The Hall–Kier alpha value is -1.18. The van der Waals surface area contributed by atoms with Crippen molar-refractivity contribution >= 4 is 0 Å². The summed E-state index contributed by atoms with van der Waals surface area (Å²) in [5, 5.41) is 8.49. The largest absolute Gasteiger partial charge is 0.190 e. The summed E-state index contributed by atoms with van der Waals surface area (Å²) < 4.78 is 0. The molecule has 0 N–H and O–H groups in total. The second-order valence-corrected chi connectivity index (χ2v) is 3.94. The molecule has 1 unspecified atom stereocenters. The van der Waals surface area contributed by atoms with Gasteiger partial charge in [0.1, 0.15) is 0 Å². The van der Waals surface area contributed by atoms with Crippen LogP contribution < -0.4 is 0 Å². The molecule has 0 saturated heterocycles. The first-order valence-electron chi connectivity index (χ1n) is 4.88. The fraction of sp³-hybridized carbons (Fsp3) is 0.455. The molecule has 0 amide bonds. The van der Waals surface area contributed by atoms with Crippen molar-refractivity contribution in [2.24, 2.45) is 10.2 Å². The Balaban J connectivity index is 1.92. The Bertz CT molecular complexity index is 331. The molecule has 1 saturated carbocycles. The molecule has 1 aliphatic carbocycles. The van der Waals surface area contributed by atoms with Crippen LogP contribution in [0, 0.1) is 0 Å². The summed E-state index contributed by atoms with van der Waals surface area (Å²) in [4.78, 5) is 0. The number of nitrogens with zero attached hydrogens (tertiary/aromatic N) is 2. The normalized spacial score (nSPS) is 35.5. The van der Waals surface area contributed by atoms with Gasteiger partial charge in [0.05, 0.1) is 12.1 Å². The van der Waals surface area contributed by atoms with Gasteiger partial charge in [-0.15, -0.1) is 0 Å². The topological polar surface area (TPSA) is 24.7 Å². The molecular weight excluding hydrogens is 160 g/mol. The predicted molar refractivity (Wildman–Crippen MR) is 50.8 cm³/mol. The summed E-state index contributed by atoms with van der Waals surface area (Å²) in [7, 11) is 0. The van der Waals surface area contributed by atoms with Crippen LogP contribution in [-0.2, 0) is 0 Å². The van der Waals surface area contributed by atoms with Gasteiger partial charge >= 0.3 is 0 Å². The summed E-state index contributed by atoms with van der Waals surface area (Å²) in [6, 6.07) is 11.7. The molecule has 3 rings (SSSR count). The average molecular weight is 172 g/mol. The average Bonchev–Trinajstić information content (AvgIpc) is 2.80. The minimum Gasteiger partial charge on any atom is -0.190 e. The van der Waals surface area contributed by atoms with E-state index in [9.17, 15) is 0 Å². The lowest BCUT2D eigenvalue weighted by Gasteiger charge is -2.16. The van der Waals surface area contributed by atoms with Crippen LogP contribution in [0.3, 0.4) is 0 Å². The summed E-state index contributed by atoms with van der Waals surface area (Å²) in [5.41, 5.74) is 1.44. The zero-order valence-electron chi connectivity index (χ0n) is 7.43. The lowest BCUT2D eigenvalue weighted by atomic mass is 9.94. The number of fused-ring (bicyclic) bond motifs is 2. The molecule has 66 valence electrons. The van der Waals surface area contributed by atoms with Crippen molar-refractivity contribution in [2.75, 3.05) is 0 Å². The standard InChI is InChI=1S/C11H12N2/c1-2-4-8(5-3-1)10-6-9-7-11(10)13-12-9/h1-5,9-11H,6-7H2/t9-,10?,11-/m0/s1. The predicted octanol–water partition coefficient (Wildman–Crippen LogP) is 2.77. The molecular formula is C11H12N2. The van der Waals surface area contributed by atoms with E-state index in [2.05, 4.69) is 40.6 Å². The van der Waals surface area contributed by atoms with Gasteiger partial charge in [-0.05, 0) is 18.4 Å². The van der Waals surface area contributed by atoms with E-state index < -0.39 is 0 Å². The van der Waals surface area contributed by atoms with Crippen LogP contribution in [0.4, 0.5) is 0 Å². The minimum absolute atomic E-state index is 0.479. The van der Waals surface area contributed by atoms with Crippen molar-refractivity contribution in [1.82, 2.24) is 0 Å². The van der Waals surface area contributed by atoms with Gasteiger partial charge in [-0.2, -0.15) is 10.2 Å². The van der Waals surface area contributed by atoms with Gasteiger partial charge in [0.25, 0.3) is 0 Å². The summed E-state index contributed by atoms with van der Waals surface area (Å²) >= 11 is 0. The monoisotopic (exact) mass is 172 g/mol. The van der Waals surface area contributed by atoms with Gasteiger partial charge in [0.15, 0.2) is 0 Å². The molecule has 2 heteroatoms. The van der Waals surface area contributed by atoms with Crippen LogP contribution in [0.25, 0.3) is 0 Å². The Labute approximate surface area is 77.7 Å². The zero-order chi connectivity index (χ0) is 8.67. The molecule has 1 aromatic rings. The van der Waals surface area contributed by atoms with Crippen LogP contribution in [-0.4, -0.2) is 12.1 Å². The van der Waals surface area contributed by atoms with Crippen LogP contribution in [0.2, 0.25) is 0 Å². The van der Waals surface area contributed by atoms with Gasteiger partial charge in [-0.1, -0.05) is 30.3 Å². The molecule has 0 aromatic heterocycles. The molecule has 2 aliphatic rings. The smallest absolute Gasteiger partial charge is 0.0798 e. The van der Waals surface area contributed by atoms with Gasteiger partial charge in [-0.25, -0.2) is 0 Å². The van der Waals surface area contributed by atoms with E-state index in [4.69, 9.17) is 0 Å². The molecule has 1 aliphatic heterocycles. The van der Waals surface area contributed by atoms with E-state index in [0.717, 1.165) is 0 Å².